The Labute approximate surface area is 158 Å². The van der Waals surface area contributed by atoms with Crippen molar-refractivity contribution in [2.24, 2.45) is 0 Å². The molecule has 0 bridgehead atoms. The normalized spacial score (nSPS) is 11.1. The van der Waals surface area contributed by atoms with E-state index < -0.39 is 13.0 Å². The molecule has 0 aliphatic rings. The van der Waals surface area contributed by atoms with Crippen LogP contribution in [0.25, 0.3) is 34.4 Å². The molecular formula is C19H14F2N4O3. The molecule has 0 fully saturated rings. The summed E-state index contributed by atoms with van der Waals surface area (Å²) in [6.45, 7) is 1.24. The molecule has 0 amide bonds. The Hall–Kier alpha value is -3.62. The number of hydrogen-bond acceptors (Lipinski definition) is 7. The highest BCUT2D eigenvalue weighted by molar-refractivity contribution is 5.72. The summed E-state index contributed by atoms with van der Waals surface area (Å²) < 4.78 is 40.3. The number of hydrogen-bond donors (Lipinski definition) is 0. The molecule has 0 saturated carbocycles. The van der Waals surface area contributed by atoms with Crippen LogP contribution < -0.4 is 4.74 Å². The lowest BCUT2D eigenvalue weighted by Crippen LogP contribution is -2.08. The van der Waals surface area contributed by atoms with Gasteiger partial charge in [-0.15, -0.1) is 0 Å². The van der Waals surface area contributed by atoms with E-state index in [4.69, 9.17) is 13.7 Å². The Morgan fingerprint density at radius 2 is 1.89 bits per heavy atom. The number of halogens is 2. The lowest BCUT2D eigenvalue weighted by atomic mass is 10.1. The summed E-state index contributed by atoms with van der Waals surface area (Å²) in [6.07, 6.45) is -1.29. The lowest BCUT2D eigenvalue weighted by molar-refractivity contribution is 0.0796. The highest BCUT2D eigenvalue weighted by atomic mass is 19.3. The minimum absolute atomic E-state index is 0.0472. The predicted octanol–water partition coefficient (Wildman–Crippen LogP) is 4.41. The summed E-state index contributed by atoms with van der Waals surface area (Å²) >= 11 is 0. The van der Waals surface area contributed by atoms with Gasteiger partial charge < -0.3 is 13.7 Å². The molecule has 4 aromatic rings. The van der Waals surface area contributed by atoms with Gasteiger partial charge in [0.15, 0.2) is 24.5 Å². The van der Waals surface area contributed by atoms with E-state index >= 15 is 0 Å². The predicted molar refractivity (Wildman–Crippen MR) is 94.7 cm³/mol. The molecule has 0 aliphatic carbocycles. The quantitative estimate of drug-likeness (QED) is 0.487. The number of aryl methyl sites for hydroxylation is 1. The van der Waals surface area contributed by atoms with Gasteiger partial charge in [-0.25, -0.2) is 18.7 Å². The molecule has 0 aliphatic heterocycles. The second kappa shape index (κ2) is 7.55. The van der Waals surface area contributed by atoms with Crippen LogP contribution in [0.5, 0.6) is 5.88 Å². The fourth-order valence-corrected chi connectivity index (χ4v) is 2.50. The molecule has 0 spiro atoms. The first-order valence-electron chi connectivity index (χ1n) is 8.33. The molecule has 7 nitrogen and oxygen atoms in total. The molecule has 3 heterocycles. The molecule has 0 radical (unpaired) electrons. The third kappa shape index (κ3) is 3.73. The van der Waals surface area contributed by atoms with Gasteiger partial charge in [0.05, 0.1) is 0 Å². The first-order valence-corrected chi connectivity index (χ1v) is 8.33. The molecule has 1 aromatic carbocycles. The Balaban J connectivity index is 1.62. The minimum atomic E-state index is -2.59. The number of ether oxygens (including phenoxy) is 1. The minimum Gasteiger partial charge on any atom is -0.472 e. The first kappa shape index (κ1) is 17.8. The van der Waals surface area contributed by atoms with Gasteiger partial charge in [-0.2, -0.15) is 4.98 Å². The molecule has 3 aromatic heterocycles. The standard InChI is InChI=1S/C19H14F2N4O3/c1-11-5-7-12(8-6-11)17-16(22-10-27-17)19-24-18(25-28-19)13-3-2-4-15(23-13)26-9-14(20)21/h2-8,10,14H,9H2,1H3. The van der Waals surface area contributed by atoms with Gasteiger partial charge in [0.1, 0.15) is 5.69 Å². The highest BCUT2D eigenvalue weighted by Crippen LogP contribution is 2.31. The van der Waals surface area contributed by atoms with Crippen molar-refractivity contribution in [1.29, 1.82) is 0 Å². The molecule has 0 saturated heterocycles. The summed E-state index contributed by atoms with van der Waals surface area (Å²) in [5.74, 6) is 0.874. The zero-order valence-electron chi connectivity index (χ0n) is 14.7. The maximum atomic E-state index is 12.3. The highest BCUT2D eigenvalue weighted by Gasteiger charge is 2.20. The summed E-state index contributed by atoms with van der Waals surface area (Å²) in [5.41, 5.74) is 2.65. The number of nitrogens with zero attached hydrogens (tertiary/aromatic N) is 4. The Kier molecular flexibility index (Phi) is 4.79. The summed E-state index contributed by atoms with van der Waals surface area (Å²) in [4.78, 5) is 12.6. The number of oxazole rings is 1. The smallest absolute Gasteiger partial charge is 0.280 e. The fourth-order valence-electron chi connectivity index (χ4n) is 2.50. The topological polar surface area (TPSA) is 87.1 Å². The lowest BCUT2D eigenvalue weighted by Gasteiger charge is -2.04. The zero-order valence-corrected chi connectivity index (χ0v) is 14.7. The van der Waals surface area contributed by atoms with Crippen LogP contribution in [0.3, 0.4) is 0 Å². The molecule has 0 N–H and O–H groups in total. The van der Waals surface area contributed by atoms with Gasteiger partial charge in [0.25, 0.3) is 12.3 Å². The van der Waals surface area contributed by atoms with Crippen molar-refractivity contribution in [2.75, 3.05) is 6.61 Å². The van der Waals surface area contributed by atoms with Gasteiger partial charge in [0, 0.05) is 11.6 Å². The van der Waals surface area contributed by atoms with Crippen LogP contribution in [0.2, 0.25) is 0 Å². The van der Waals surface area contributed by atoms with Crippen molar-refractivity contribution in [2.45, 2.75) is 13.3 Å². The van der Waals surface area contributed by atoms with Gasteiger partial charge in [0.2, 0.25) is 11.7 Å². The fraction of sp³-hybridized carbons (Fsp3) is 0.158. The van der Waals surface area contributed by atoms with Crippen LogP contribution in [0.1, 0.15) is 5.56 Å². The average molecular weight is 384 g/mol. The van der Waals surface area contributed by atoms with Crippen LogP contribution in [0, 0.1) is 6.92 Å². The molecule has 142 valence electrons. The molecule has 4 rings (SSSR count). The van der Waals surface area contributed by atoms with Crippen LogP contribution in [-0.2, 0) is 0 Å². The van der Waals surface area contributed by atoms with Crippen LogP contribution in [-0.4, -0.2) is 33.1 Å². The van der Waals surface area contributed by atoms with E-state index in [2.05, 4.69) is 20.1 Å². The Morgan fingerprint density at radius 1 is 1.07 bits per heavy atom. The molecule has 0 atom stereocenters. The van der Waals surface area contributed by atoms with Crippen molar-refractivity contribution >= 4 is 0 Å². The Bertz CT molecular complexity index is 1080. The van der Waals surface area contributed by atoms with E-state index in [0.29, 0.717) is 17.1 Å². The molecular weight excluding hydrogens is 370 g/mol. The Morgan fingerprint density at radius 3 is 2.68 bits per heavy atom. The van der Waals surface area contributed by atoms with Crippen molar-refractivity contribution in [3.63, 3.8) is 0 Å². The van der Waals surface area contributed by atoms with Crippen molar-refractivity contribution in [3.8, 4) is 40.3 Å². The van der Waals surface area contributed by atoms with Crippen LogP contribution >= 0.6 is 0 Å². The van der Waals surface area contributed by atoms with E-state index in [0.717, 1.165) is 11.1 Å². The monoisotopic (exact) mass is 384 g/mol. The summed E-state index contributed by atoms with van der Waals surface area (Å²) in [5, 5.41) is 3.89. The van der Waals surface area contributed by atoms with E-state index in [1.807, 2.05) is 31.2 Å². The number of pyridine rings is 1. The second-order valence-corrected chi connectivity index (χ2v) is 5.88. The summed E-state index contributed by atoms with van der Waals surface area (Å²) in [7, 11) is 0. The second-order valence-electron chi connectivity index (χ2n) is 5.88. The number of rotatable bonds is 6. The van der Waals surface area contributed by atoms with Crippen LogP contribution in [0.4, 0.5) is 8.78 Å². The van der Waals surface area contributed by atoms with E-state index in [9.17, 15) is 8.78 Å². The van der Waals surface area contributed by atoms with E-state index in [-0.39, 0.29) is 17.6 Å². The van der Waals surface area contributed by atoms with Gasteiger partial charge in [-0.3, -0.25) is 0 Å². The average Bonchev–Trinajstić information content (AvgIpc) is 3.36. The molecule has 28 heavy (non-hydrogen) atoms. The number of aromatic nitrogens is 4. The maximum Gasteiger partial charge on any atom is 0.280 e. The van der Waals surface area contributed by atoms with Gasteiger partial charge in [-0.1, -0.05) is 41.1 Å². The third-order valence-corrected chi connectivity index (χ3v) is 3.82. The molecule has 0 unspecified atom stereocenters. The van der Waals surface area contributed by atoms with Gasteiger partial charge >= 0.3 is 0 Å². The van der Waals surface area contributed by atoms with Gasteiger partial charge in [-0.05, 0) is 13.0 Å². The zero-order chi connectivity index (χ0) is 19.5. The van der Waals surface area contributed by atoms with Crippen molar-refractivity contribution < 1.29 is 22.5 Å². The maximum absolute atomic E-state index is 12.3. The van der Waals surface area contributed by atoms with Crippen molar-refractivity contribution in [1.82, 2.24) is 20.1 Å². The van der Waals surface area contributed by atoms with Crippen LogP contribution in [0.15, 0.2) is 57.8 Å². The van der Waals surface area contributed by atoms with Crippen molar-refractivity contribution in [3.05, 3.63) is 54.4 Å². The van der Waals surface area contributed by atoms with E-state index in [1.165, 1.54) is 12.5 Å². The molecule has 9 heteroatoms. The number of benzene rings is 1. The number of alkyl halides is 2. The third-order valence-electron chi connectivity index (χ3n) is 3.82. The first-order chi connectivity index (χ1) is 13.6. The largest absolute Gasteiger partial charge is 0.472 e. The SMILES string of the molecule is Cc1ccc(-c2ocnc2-c2nc(-c3cccc(OCC(F)F)n3)no2)cc1. The van der Waals surface area contributed by atoms with E-state index in [1.54, 1.807) is 12.1 Å². The summed E-state index contributed by atoms with van der Waals surface area (Å²) in [6, 6.07) is 12.4.